The van der Waals surface area contributed by atoms with E-state index in [1.54, 1.807) is 0 Å². The monoisotopic (exact) mass is 196 g/mol. The van der Waals surface area contributed by atoms with Gasteiger partial charge in [0, 0.05) is 0 Å². The Morgan fingerprint density at radius 1 is 1.27 bits per heavy atom. The van der Waals surface area contributed by atoms with Crippen molar-refractivity contribution in [2.24, 2.45) is 5.41 Å². The molecule has 0 rings (SSSR count). The molecule has 0 fully saturated rings. The van der Waals surface area contributed by atoms with Gasteiger partial charge in [-0.05, 0) is 0 Å². The molecule has 0 amide bonds. The first-order chi connectivity index (χ1) is 3.91. The Hall–Kier alpha value is 0.454. The summed E-state index contributed by atoms with van der Waals surface area (Å²) < 4.78 is 2.06. The fourth-order valence-electron chi connectivity index (χ4n) is 0. The zero-order valence-electron chi connectivity index (χ0n) is 6.94. The summed E-state index contributed by atoms with van der Waals surface area (Å²) in [5.74, 6) is 0. The molecule has 0 aromatic heterocycles. The molecule has 0 aromatic rings. The fraction of sp³-hybridized carbons (Fsp3) is 0.800. The van der Waals surface area contributed by atoms with E-state index in [2.05, 4.69) is 56.3 Å². The van der Waals surface area contributed by atoms with E-state index in [1.165, 1.54) is 6.42 Å². The van der Waals surface area contributed by atoms with Gasteiger partial charge in [-0.1, -0.05) is 35.6 Å². The van der Waals surface area contributed by atoms with E-state index in [-0.39, 0.29) is 20.3 Å². The molecule has 0 aliphatic heterocycles. The van der Waals surface area contributed by atoms with Crippen LogP contribution in [0, 0.1) is 12.3 Å². The Balaban J connectivity index is -0.0000000383. The van der Waals surface area contributed by atoms with Crippen LogP contribution < -0.4 is 0 Å². The minimum atomic E-state index is 0. The van der Waals surface area contributed by atoms with Crippen LogP contribution >= 0.6 is 0 Å². The number of hydrogen-bond acceptors (Lipinski definition) is 0. The Labute approximate surface area is 83.3 Å². The van der Waals surface area contributed by atoms with Crippen molar-refractivity contribution in [3.63, 3.8) is 0 Å². The van der Waals surface area contributed by atoms with Crippen molar-refractivity contribution < 1.29 is 17.0 Å². The van der Waals surface area contributed by atoms with Crippen molar-refractivity contribution >= 4 is 4.73 Å². The van der Waals surface area contributed by atoms with E-state index < -0.39 is 0 Å². The van der Waals surface area contributed by atoms with Gasteiger partial charge in [-0.15, -0.1) is 0 Å². The third kappa shape index (κ3) is 353. The molecule has 0 radical (unpaired) electrons. The maximum atomic E-state index is 3.77. The van der Waals surface area contributed by atoms with Gasteiger partial charge in [0.05, 0.1) is 0 Å². The Morgan fingerprint density at radius 3 is 1.36 bits per heavy atom. The Kier molecular flexibility index (Phi) is 26.8. The summed E-state index contributed by atoms with van der Waals surface area (Å²) in [6.45, 7) is 12.1. The standard InChI is InChI=1S/C5H11.C3H6.2CH4.V/c1-5(2,3)4;1-3-2;;;/h1H2,2-4H3;1H,3H2,2H3;2*1H4;/q-1;;;;. The fourth-order valence-corrected chi connectivity index (χ4v) is 0. The van der Waals surface area contributed by atoms with Gasteiger partial charge in [0.25, 0.3) is 0 Å². The smallest absolute Gasteiger partial charge is 0.0878 e. The van der Waals surface area contributed by atoms with Crippen LogP contribution in [0.25, 0.3) is 0 Å². The summed E-state index contributed by atoms with van der Waals surface area (Å²) >= 11 is 2.41. The molecule has 0 heterocycles. The first-order valence-electron chi connectivity index (χ1n) is 3.23. The predicted octanol–water partition coefficient (Wildman–Crippen LogP) is 3.88. The van der Waals surface area contributed by atoms with Crippen molar-refractivity contribution in [3.8, 4) is 0 Å². The van der Waals surface area contributed by atoms with Crippen LogP contribution in [0.3, 0.4) is 0 Å². The summed E-state index contributed by atoms with van der Waals surface area (Å²) in [6, 6.07) is 0. The SMILES string of the molecule is C.C.CC[CH]=[V].[CH2-]C(C)(C)C. The molecule has 0 nitrogen and oxygen atoms in total. The average Bonchev–Trinajstić information content (AvgIpc) is 1.61. The van der Waals surface area contributed by atoms with Gasteiger partial charge in [-0.2, -0.15) is 5.41 Å². The van der Waals surface area contributed by atoms with Crippen molar-refractivity contribution in [2.45, 2.75) is 49.0 Å². The van der Waals surface area contributed by atoms with Crippen LogP contribution in [0.15, 0.2) is 0 Å². The number of hydrogen-bond donors (Lipinski definition) is 0. The van der Waals surface area contributed by atoms with Crippen LogP contribution in [-0.4, -0.2) is 4.73 Å². The predicted molar refractivity (Wildman–Crippen MR) is 54.6 cm³/mol. The third-order valence-electron chi connectivity index (χ3n) is 0.183. The summed E-state index contributed by atoms with van der Waals surface area (Å²) in [4.78, 5) is 0. The van der Waals surface area contributed by atoms with Gasteiger partial charge in [0.1, 0.15) is 0 Å². The Bertz CT molecular complexity index is 53.8. The van der Waals surface area contributed by atoms with Gasteiger partial charge in [-0.25, -0.2) is 0 Å². The van der Waals surface area contributed by atoms with E-state index in [1.807, 2.05) is 0 Å². The molecule has 71 valence electrons. The summed E-state index contributed by atoms with van der Waals surface area (Å²) in [5, 5.41) is 0. The van der Waals surface area contributed by atoms with Crippen LogP contribution in [0.2, 0.25) is 0 Å². The zero-order valence-corrected chi connectivity index (χ0v) is 8.34. The molecule has 0 N–H and O–H groups in total. The van der Waals surface area contributed by atoms with Gasteiger partial charge >= 0.3 is 35.1 Å². The maximum Gasteiger partial charge on any atom is -0.0878 e. The Morgan fingerprint density at radius 2 is 1.36 bits per heavy atom. The van der Waals surface area contributed by atoms with E-state index >= 15 is 0 Å². The van der Waals surface area contributed by atoms with Crippen LogP contribution in [0.4, 0.5) is 0 Å². The summed E-state index contributed by atoms with van der Waals surface area (Å²) in [6.07, 6.45) is 1.17. The van der Waals surface area contributed by atoms with E-state index in [4.69, 9.17) is 0 Å². The molecule has 0 saturated heterocycles. The second kappa shape index (κ2) is 13.1. The number of rotatable bonds is 1. The van der Waals surface area contributed by atoms with Crippen molar-refractivity contribution in [2.75, 3.05) is 0 Å². The van der Waals surface area contributed by atoms with Gasteiger partial charge in [0.2, 0.25) is 0 Å². The molecule has 0 bridgehead atoms. The van der Waals surface area contributed by atoms with E-state index in [0.29, 0.717) is 0 Å². The molecule has 0 aromatic carbocycles. The van der Waals surface area contributed by atoms with Crippen molar-refractivity contribution in [1.82, 2.24) is 0 Å². The second-order valence-electron chi connectivity index (χ2n) is 3.15. The molecule has 0 spiro atoms. The average molecular weight is 196 g/mol. The summed E-state index contributed by atoms with van der Waals surface area (Å²) in [7, 11) is 0. The van der Waals surface area contributed by atoms with E-state index in [0.717, 1.165) is 0 Å². The van der Waals surface area contributed by atoms with Crippen LogP contribution in [0.1, 0.15) is 49.0 Å². The molecule has 1 heteroatoms. The maximum absolute atomic E-state index is 3.77. The molecular weight excluding hydrogens is 171 g/mol. The van der Waals surface area contributed by atoms with Crippen LogP contribution in [-0.2, 0) is 17.0 Å². The first kappa shape index (κ1) is 22.5. The quantitative estimate of drug-likeness (QED) is 0.558. The second-order valence-corrected chi connectivity index (χ2v) is 3.72. The normalized spacial score (nSPS) is 7.64. The minimum absolute atomic E-state index is 0. The zero-order chi connectivity index (χ0) is 7.91. The molecule has 0 aliphatic rings. The molecule has 0 aliphatic carbocycles. The molecule has 0 saturated carbocycles. The largest absolute Gasteiger partial charge is 0.338 e. The van der Waals surface area contributed by atoms with Gasteiger partial charge < -0.3 is 6.92 Å². The van der Waals surface area contributed by atoms with E-state index in [9.17, 15) is 0 Å². The van der Waals surface area contributed by atoms with Gasteiger partial charge in [-0.3, -0.25) is 0 Å². The first-order valence-corrected chi connectivity index (χ1v) is 4.03. The molecular formula is C10H25V-. The van der Waals surface area contributed by atoms with Crippen molar-refractivity contribution in [3.05, 3.63) is 6.92 Å². The topological polar surface area (TPSA) is 0 Å². The minimum Gasteiger partial charge on any atom is -0.338 e. The molecule has 0 unspecified atom stereocenters. The van der Waals surface area contributed by atoms with Crippen molar-refractivity contribution in [1.29, 1.82) is 0 Å². The third-order valence-corrected chi connectivity index (χ3v) is 0.753. The molecule has 11 heavy (non-hydrogen) atoms. The van der Waals surface area contributed by atoms with Crippen LogP contribution in [0.5, 0.6) is 0 Å². The van der Waals surface area contributed by atoms with Gasteiger partial charge in [0.15, 0.2) is 0 Å². The molecule has 0 atom stereocenters. The summed E-state index contributed by atoms with van der Waals surface area (Å²) in [5.41, 5.74) is 0.250.